The highest BCUT2D eigenvalue weighted by Crippen LogP contribution is 2.36. The fourth-order valence-corrected chi connectivity index (χ4v) is 3.34. The van der Waals surface area contributed by atoms with E-state index in [2.05, 4.69) is 53.9 Å². The molecule has 0 fully saturated rings. The van der Waals surface area contributed by atoms with Crippen molar-refractivity contribution in [3.8, 4) is 18.1 Å². The number of nitriles is 2. The molecule has 0 unspecified atom stereocenters. The lowest BCUT2D eigenvalue weighted by Gasteiger charge is -2.14. The summed E-state index contributed by atoms with van der Waals surface area (Å²) in [5.41, 5.74) is 3.49. The quantitative estimate of drug-likeness (QED) is 0.368. The smallest absolute Gasteiger partial charge is 0.252 e. The molecule has 0 spiro atoms. The number of nitrogens with zero attached hydrogens (tertiary/aromatic N) is 9. The first-order valence-electron chi connectivity index (χ1n) is 10.7. The van der Waals surface area contributed by atoms with E-state index in [0.717, 1.165) is 12.1 Å². The Morgan fingerprint density at radius 3 is 2.40 bits per heavy atom. The van der Waals surface area contributed by atoms with Crippen LogP contribution in [0.25, 0.3) is 5.95 Å². The van der Waals surface area contributed by atoms with Gasteiger partial charge in [-0.3, -0.25) is 0 Å². The molecule has 3 heterocycles. The lowest BCUT2D eigenvalue weighted by atomic mass is 10.1. The molecule has 0 bridgehead atoms. The molecule has 1 aromatic carbocycles. The van der Waals surface area contributed by atoms with E-state index in [9.17, 15) is 10.5 Å². The molecule has 4 rings (SSSR count). The molecule has 0 saturated heterocycles. The molecule has 11 nitrogen and oxygen atoms in total. The normalized spacial score (nSPS) is 10.7. The first kappa shape index (κ1) is 23.0. The van der Waals surface area contributed by atoms with Gasteiger partial charge < -0.3 is 10.6 Å². The minimum absolute atomic E-state index is 0.164. The molecule has 172 valence electrons. The van der Waals surface area contributed by atoms with Gasteiger partial charge in [0.05, 0.1) is 11.8 Å². The van der Waals surface area contributed by atoms with E-state index >= 15 is 0 Å². The Morgan fingerprint density at radius 1 is 1.03 bits per heavy atom. The third kappa shape index (κ3) is 4.65. The SMILES string of the molecule is CCc1ccc(Nc2nc(NC)c(/N=N/c3c(C#N)cnn3-c3ncccn3)c(C)c2C#N)cc1. The van der Waals surface area contributed by atoms with E-state index in [0.29, 0.717) is 28.5 Å². The Bertz CT molecular complexity index is 1460. The van der Waals surface area contributed by atoms with Crippen LogP contribution in [-0.4, -0.2) is 31.8 Å². The number of aromatic nitrogens is 5. The standard InChI is InChI=1S/C24H21N11/c1-4-16-6-8-18(9-7-16)31-21-19(13-26)15(2)20(22(27-3)32-21)33-34-23-17(12-25)14-30-35(23)24-28-10-5-11-29-24/h5-11,14H,4H2,1-3H3,(H2,27,31,32)/b34-33+. The fourth-order valence-electron chi connectivity index (χ4n) is 3.34. The number of hydrogen-bond acceptors (Lipinski definition) is 10. The molecular weight excluding hydrogens is 442 g/mol. The van der Waals surface area contributed by atoms with E-state index in [1.807, 2.05) is 30.3 Å². The number of hydrogen-bond donors (Lipinski definition) is 2. The van der Waals surface area contributed by atoms with E-state index < -0.39 is 0 Å². The number of aryl methyl sites for hydroxylation is 1. The third-order valence-corrected chi connectivity index (χ3v) is 5.24. The molecule has 0 amide bonds. The van der Waals surface area contributed by atoms with Crippen LogP contribution in [0.5, 0.6) is 0 Å². The van der Waals surface area contributed by atoms with Crippen molar-refractivity contribution in [3.63, 3.8) is 0 Å². The van der Waals surface area contributed by atoms with Crippen LogP contribution < -0.4 is 10.6 Å². The summed E-state index contributed by atoms with van der Waals surface area (Å²) in [5, 5.41) is 38.4. The van der Waals surface area contributed by atoms with Gasteiger partial charge in [-0.1, -0.05) is 19.1 Å². The zero-order chi connectivity index (χ0) is 24.8. The van der Waals surface area contributed by atoms with Gasteiger partial charge in [-0.15, -0.1) is 10.2 Å². The van der Waals surface area contributed by atoms with Crippen molar-refractivity contribution in [2.45, 2.75) is 20.3 Å². The van der Waals surface area contributed by atoms with Crippen LogP contribution in [0, 0.1) is 29.6 Å². The van der Waals surface area contributed by atoms with E-state index in [1.54, 1.807) is 32.4 Å². The highest BCUT2D eigenvalue weighted by molar-refractivity contribution is 5.76. The monoisotopic (exact) mass is 463 g/mol. The van der Waals surface area contributed by atoms with Crippen LogP contribution in [-0.2, 0) is 6.42 Å². The van der Waals surface area contributed by atoms with Gasteiger partial charge in [-0.2, -0.15) is 20.3 Å². The average Bonchev–Trinajstić information content (AvgIpc) is 3.32. The number of benzene rings is 1. The Balaban J connectivity index is 1.76. The van der Waals surface area contributed by atoms with Gasteiger partial charge in [-0.05, 0) is 37.1 Å². The van der Waals surface area contributed by atoms with Crippen molar-refractivity contribution in [2.75, 3.05) is 17.7 Å². The molecule has 0 radical (unpaired) electrons. The zero-order valence-corrected chi connectivity index (χ0v) is 19.4. The van der Waals surface area contributed by atoms with Crippen molar-refractivity contribution >= 4 is 28.8 Å². The molecule has 0 aliphatic rings. The summed E-state index contributed by atoms with van der Waals surface area (Å²) < 4.78 is 1.32. The van der Waals surface area contributed by atoms with Gasteiger partial charge in [0.25, 0.3) is 5.95 Å². The molecule has 35 heavy (non-hydrogen) atoms. The predicted octanol–water partition coefficient (Wildman–Crippen LogP) is 4.87. The van der Waals surface area contributed by atoms with E-state index in [1.165, 1.54) is 16.4 Å². The summed E-state index contributed by atoms with van der Waals surface area (Å²) >= 11 is 0. The van der Waals surface area contributed by atoms with Crippen molar-refractivity contribution in [1.29, 1.82) is 10.5 Å². The Kier molecular flexibility index (Phi) is 6.70. The maximum absolute atomic E-state index is 9.88. The summed E-state index contributed by atoms with van der Waals surface area (Å²) in [6, 6.07) is 13.9. The number of nitrogens with one attached hydrogen (secondary N) is 2. The van der Waals surface area contributed by atoms with Gasteiger partial charge in [0, 0.05) is 30.7 Å². The van der Waals surface area contributed by atoms with Crippen LogP contribution in [0.2, 0.25) is 0 Å². The maximum atomic E-state index is 9.88. The topological polar surface area (TPSA) is 153 Å². The van der Waals surface area contributed by atoms with Crippen LogP contribution >= 0.6 is 0 Å². The Labute approximate surface area is 201 Å². The lowest BCUT2D eigenvalue weighted by molar-refractivity contribution is 0.803. The largest absolute Gasteiger partial charge is 0.371 e. The number of pyridine rings is 1. The Hall–Kier alpha value is -5.16. The molecule has 0 atom stereocenters. The minimum Gasteiger partial charge on any atom is -0.371 e. The Morgan fingerprint density at radius 2 is 1.77 bits per heavy atom. The number of rotatable bonds is 7. The van der Waals surface area contributed by atoms with Gasteiger partial charge in [0.15, 0.2) is 17.5 Å². The minimum atomic E-state index is 0.164. The summed E-state index contributed by atoms with van der Waals surface area (Å²) in [6.07, 6.45) is 5.43. The molecule has 0 aliphatic carbocycles. The maximum Gasteiger partial charge on any atom is 0.252 e. The van der Waals surface area contributed by atoms with Crippen LogP contribution in [0.15, 0.2) is 59.2 Å². The fraction of sp³-hybridized carbons (Fsp3) is 0.167. The summed E-state index contributed by atoms with van der Waals surface area (Å²) in [7, 11) is 1.70. The highest BCUT2D eigenvalue weighted by atomic mass is 15.4. The molecular formula is C24H21N11. The van der Waals surface area contributed by atoms with Crippen molar-refractivity contribution in [1.82, 2.24) is 24.7 Å². The zero-order valence-electron chi connectivity index (χ0n) is 19.4. The van der Waals surface area contributed by atoms with Crippen LogP contribution in [0.4, 0.5) is 28.8 Å². The summed E-state index contributed by atoms with van der Waals surface area (Å²) in [5.74, 6) is 1.23. The molecule has 0 saturated carbocycles. The number of anilines is 3. The average molecular weight is 464 g/mol. The van der Waals surface area contributed by atoms with Crippen LogP contribution in [0.3, 0.4) is 0 Å². The van der Waals surface area contributed by atoms with Gasteiger partial charge in [0.2, 0.25) is 0 Å². The van der Waals surface area contributed by atoms with Crippen molar-refractivity contribution < 1.29 is 0 Å². The predicted molar refractivity (Wildman–Crippen MR) is 130 cm³/mol. The molecule has 0 aliphatic heterocycles. The molecule has 3 aromatic heterocycles. The lowest BCUT2D eigenvalue weighted by Crippen LogP contribution is -2.04. The number of azo groups is 1. The van der Waals surface area contributed by atoms with Crippen LogP contribution in [0.1, 0.15) is 29.2 Å². The first-order chi connectivity index (χ1) is 17.1. The van der Waals surface area contributed by atoms with E-state index in [4.69, 9.17) is 0 Å². The third-order valence-electron chi connectivity index (χ3n) is 5.24. The highest BCUT2D eigenvalue weighted by Gasteiger charge is 2.19. The molecule has 11 heteroatoms. The summed E-state index contributed by atoms with van der Waals surface area (Å²) in [6.45, 7) is 3.86. The van der Waals surface area contributed by atoms with Gasteiger partial charge in [-0.25, -0.2) is 15.0 Å². The second kappa shape index (κ2) is 10.2. The van der Waals surface area contributed by atoms with Crippen molar-refractivity contribution in [3.05, 3.63) is 71.2 Å². The van der Waals surface area contributed by atoms with E-state index in [-0.39, 0.29) is 17.3 Å². The van der Waals surface area contributed by atoms with Gasteiger partial charge in [0.1, 0.15) is 23.4 Å². The van der Waals surface area contributed by atoms with Gasteiger partial charge >= 0.3 is 0 Å². The molecule has 2 N–H and O–H groups in total. The summed E-state index contributed by atoms with van der Waals surface area (Å²) in [4.78, 5) is 12.9. The second-order valence-electron chi connectivity index (χ2n) is 7.35. The first-order valence-corrected chi connectivity index (χ1v) is 10.7. The second-order valence-corrected chi connectivity index (χ2v) is 7.35. The van der Waals surface area contributed by atoms with Crippen molar-refractivity contribution in [2.24, 2.45) is 10.2 Å². The molecule has 4 aromatic rings.